The topological polar surface area (TPSA) is 95.9 Å². The van der Waals surface area contributed by atoms with Gasteiger partial charge in [0, 0.05) is 5.54 Å². The maximum atomic E-state index is 12.7. The van der Waals surface area contributed by atoms with Gasteiger partial charge >= 0.3 is 13.5 Å². The van der Waals surface area contributed by atoms with Gasteiger partial charge in [0.1, 0.15) is 10.6 Å². The van der Waals surface area contributed by atoms with E-state index in [-0.39, 0.29) is 0 Å². The molecule has 0 aliphatic rings. The molecule has 3 N–H and O–H groups in total. The molecule has 0 heterocycles. The first-order valence-corrected chi connectivity index (χ1v) is 7.49. The Morgan fingerprint density at radius 2 is 1.73 bits per heavy atom. The standard InChI is InChI=1S/C11H15BF3NO5S/c1-10(2,3)16-22(19,20)9-6-7(11(13,14)15)4-5-8(9)21-12(17)18/h4-6,16-18H,1-3H3. The fraction of sp³-hybridized carbons (Fsp3) is 0.455. The first-order chi connectivity index (χ1) is 9.72. The van der Waals surface area contributed by atoms with Crippen LogP contribution in [0.4, 0.5) is 13.2 Å². The molecular formula is C11H15BF3NO5S. The smallest absolute Gasteiger partial charge is 0.511 e. The second-order valence-electron chi connectivity index (χ2n) is 5.46. The first-order valence-electron chi connectivity index (χ1n) is 6.00. The molecule has 0 bridgehead atoms. The number of benzene rings is 1. The number of sulfonamides is 1. The van der Waals surface area contributed by atoms with Gasteiger partial charge in [0.15, 0.2) is 0 Å². The quantitative estimate of drug-likeness (QED) is 0.714. The van der Waals surface area contributed by atoms with Crippen LogP contribution in [0.2, 0.25) is 0 Å². The van der Waals surface area contributed by atoms with Gasteiger partial charge in [-0.2, -0.15) is 13.2 Å². The first kappa shape index (κ1) is 18.8. The average molecular weight is 341 g/mol. The molecular weight excluding hydrogens is 326 g/mol. The summed E-state index contributed by atoms with van der Waals surface area (Å²) >= 11 is 0. The molecule has 0 fully saturated rings. The van der Waals surface area contributed by atoms with E-state index in [1.807, 2.05) is 0 Å². The van der Waals surface area contributed by atoms with E-state index in [2.05, 4.69) is 9.38 Å². The normalized spacial score (nSPS) is 13.1. The fourth-order valence-corrected chi connectivity index (χ4v) is 3.14. The van der Waals surface area contributed by atoms with Gasteiger partial charge in [-0.3, -0.25) is 0 Å². The van der Waals surface area contributed by atoms with Crippen molar-refractivity contribution in [1.29, 1.82) is 0 Å². The van der Waals surface area contributed by atoms with E-state index in [9.17, 15) is 21.6 Å². The summed E-state index contributed by atoms with van der Waals surface area (Å²) in [5.74, 6) is -0.611. The average Bonchev–Trinajstić information content (AvgIpc) is 2.23. The molecule has 1 rings (SSSR count). The van der Waals surface area contributed by atoms with Crippen LogP contribution in [-0.4, -0.2) is 31.3 Å². The summed E-state index contributed by atoms with van der Waals surface area (Å²) in [6.07, 6.45) is -4.76. The summed E-state index contributed by atoms with van der Waals surface area (Å²) in [7, 11) is -6.75. The van der Waals surface area contributed by atoms with E-state index in [1.165, 1.54) is 20.8 Å². The van der Waals surface area contributed by atoms with Crippen LogP contribution in [0.25, 0.3) is 0 Å². The predicted molar refractivity (Wildman–Crippen MR) is 72.3 cm³/mol. The summed E-state index contributed by atoms with van der Waals surface area (Å²) in [5, 5.41) is 17.5. The Labute approximate surface area is 126 Å². The van der Waals surface area contributed by atoms with E-state index < -0.39 is 45.3 Å². The minimum atomic E-state index is -4.76. The van der Waals surface area contributed by atoms with Crippen LogP contribution >= 0.6 is 0 Å². The van der Waals surface area contributed by atoms with E-state index in [0.29, 0.717) is 18.2 Å². The third-order valence-corrected chi connectivity index (χ3v) is 4.01. The second kappa shape index (κ2) is 6.07. The van der Waals surface area contributed by atoms with Gasteiger partial charge < -0.3 is 14.7 Å². The molecule has 0 amide bonds. The van der Waals surface area contributed by atoms with E-state index >= 15 is 0 Å². The largest absolute Gasteiger partial charge is 0.707 e. The van der Waals surface area contributed by atoms with Crippen molar-refractivity contribution < 1.29 is 36.3 Å². The highest BCUT2D eigenvalue weighted by molar-refractivity contribution is 7.89. The minimum Gasteiger partial charge on any atom is -0.511 e. The third-order valence-electron chi connectivity index (χ3n) is 2.23. The number of halogens is 3. The molecule has 6 nitrogen and oxygen atoms in total. The van der Waals surface area contributed by atoms with Gasteiger partial charge in [-0.25, -0.2) is 13.1 Å². The van der Waals surface area contributed by atoms with Gasteiger partial charge in [-0.05, 0) is 39.0 Å². The Hall–Kier alpha value is -1.30. The zero-order chi connectivity index (χ0) is 17.3. The number of hydrogen-bond acceptors (Lipinski definition) is 5. The van der Waals surface area contributed by atoms with Crippen LogP contribution in [0.1, 0.15) is 26.3 Å². The molecule has 0 aliphatic heterocycles. The zero-order valence-corrected chi connectivity index (χ0v) is 12.8. The number of nitrogens with one attached hydrogen (secondary N) is 1. The number of rotatable bonds is 4. The van der Waals surface area contributed by atoms with Crippen LogP contribution in [0.15, 0.2) is 23.1 Å². The van der Waals surface area contributed by atoms with Crippen molar-refractivity contribution in [3.8, 4) is 5.75 Å². The van der Waals surface area contributed by atoms with Gasteiger partial charge in [0.2, 0.25) is 10.0 Å². The molecule has 0 atom stereocenters. The maximum absolute atomic E-state index is 12.7. The SMILES string of the molecule is CC(C)(C)NS(=O)(=O)c1cc(C(F)(F)F)ccc1OB(O)O. The molecule has 0 radical (unpaired) electrons. The van der Waals surface area contributed by atoms with Gasteiger partial charge in [0.05, 0.1) is 5.56 Å². The molecule has 0 saturated heterocycles. The lowest BCUT2D eigenvalue weighted by Gasteiger charge is -2.22. The van der Waals surface area contributed by atoms with Crippen molar-refractivity contribution in [3.63, 3.8) is 0 Å². The molecule has 124 valence electrons. The van der Waals surface area contributed by atoms with Crippen molar-refractivity contribution in [2.24, 2.45) is 0 Å². The second-order valence-corrected chi connectivity index (χ2v) is 7.11. The van der Waals surface area contributed by atoms with Crippen molar-refractivity contribution in [2.75, 3.05) is 0 Å². The molecule has 1 aromatic carbocycles. The lowest BCUT2D eigenvalue weighted by Crippen LogP contribution is -2.40. The molecule has 22 heavy (non-hydrogen) atoms. The Kier molecular flexibility index (Phi) is 5.17. The Bertz CT molecular complexity index is 640. The molecule has 0 aliphatic carbocycles. The fourth-order valence-electron chi connectivity index (χ4n) is 1.56. The molecule has 0 aromatic heterocycles. The Morgan fingerprint density at radius 1 is 1.18 bits per heavy atom. The maximum Gasteiger partial charge on any atom is 0.707 e. The summed E-state index contributed by atoms with van der Waals surface area (Å²) in [6, 6.07) is 1.65. The molecule has 1 aromatic rings. The third kappa shape index (κ3) is 5.16. The van der Waals surface area contributed by atoms with Crippen LogP contribution in [0, 0.1) is 0 Å². The van der Waals surface area contributed by atoms with E-state index in [4.69, 9.17) is 10.0 Å². The summed E-state index contributed by atoms with van der Waals surface area (Å²) in [6.45, 7) is 4.50. The summed E-state index contributed by atoms with van der Waals surface area (Å²) in [4.78, 5) is -0.842. The zero-order valence-electron chi connectivity index (χ0n) is 12.0. The summed E-state index contributed by atoms with van der Waals surface area (Å²) in [5.41, 5.74) is -2.16. The van der Waals surface area contributed by atoms with Crippen LogP contribution < -0.4 is 9.38 Å². The highest BCUT2D eigenvalue weighted by Gasteiger charge is 2.34. The van der Waals surface area contributed by atoms with Gasteiger partial charge in [-0.15, -0.1) is 0 Å². The predicted octanol–water partition coefficient (Wildman–Crippen LogP) is 1.13. The Morgan fingerprint density at radius 3 is 2.14 bits per heavy atom. The molecule has 0 unspecified atom stereocenters. The lowest BCUT2D eigenvalue weighted by atomic mass is 10.1. The highest BCUT2D eigenvalue weighted by Crippen LogP contribution is 2.34. The van der Waals surface area contributed by atoms with Gasteiger partial charge in [0.25, 0.3) is 0 Å². The lowest BCUT2D eigenvalue weighted by molar-refractivity contribution is -0.137. The summed E-state index contributed by atoms with van der Waals surface area (Å²) < 4.78 is 69.2. The number of alkyl halides is 3. The van der Waals surface area contributed by atoms with E-state index in [0.717, 1.165) is 0 Å². The minimum absolute atomic E-state index is 0.367. The van der Waals surface area contributed by atoms with Crippen LogP contribution in [0.3, 0.4) is 0 Å². The van der Waals surface area contributed by atoms with Crippen molar-refractivity contribution in [2.45, 2.75) is 37.4 Å². The Balaban J connectivity index is 3.46. The van der Waals surface area contributed by atoms with Crippen LogP contribution in [-0.2, 0) is 16.2 Å². The van der Waals surface area contributed by atoms with Crippen molar-refractivity contribution >= 4 is 17.3 Å². The van der Waals surface area contributed by atoms with Crippen LogP contribution in [0.5, 0.6) is 5.75 Å². The monoisotopic (exact) mass is 341 g/mol. The molecule has 0 spiro atoms. The van der Waals surface area contributed by atoms with E-state index in [1.54, 1.807) is 0 Å². The molecule has 11 heteroatoms. The molecule has 0 saturated carbocycles. The number of hydrogen-bond donors (Lipinski definition) is 3. The van der Waals surface area contributed by atoms with Crippen molar-refractivity contribution in [1.82, 2.24) is 4.72 Å². The van der Waals surface area contributed by atoms with Gasteiger partial charge in [-0.1, -0.05) is 0 Å². The highest BCUT2D eigenvalue weighted by atomic mass is 32.2. The van der Waals surface area contributed by atoms with Crippen molar-refractivity contribution in [3.05, 3.63) is 23.8 Å².